The molecule has 0 aliphatic carbocycles. The molecule has 2 rings (SSSR count). The first-order chi connectivity index (χ1) is 11.1. The molecule has 2 N–H and O–H groups in total. The number of carbonyl (C=O) groups is 1. The number of ether oxygens (including phenoxy) is 2. The molecule has 1 aliphatic rings. The second-order valence-corrected chi connectivity index (χ2v) is 5.37. The van der Waals surface area contributed by atoms with E-state index in [9.17, 15) is 9.18 Å². The van der Waals surface area contributed by atoms with Gasteiger partial charge in [0.05, 0.1) is 18.2 Å². The molecule has 1 unspecified atom stereocenters. The number of rotatable bonds is 6. The van der Waals surface area contributed by atoms with Crippen LogP contribution in [0.15, 0.2) is 35.5 Å². The molecule has 1 atom stereocenters. The number of thiocarbonyl (C=S) groups is 1. The van der Waals surface area contributed by atoms with E-state index in [0.29, 0.717) is 23.2 Å². The summed E-state index contributed by atoms with van der Waals surface area (Å²) in [7, 11) is 0. The summed E-state index contributed by atoms with van der Waals surface area (Å²) in [6.45, 7) is 3.37. The van der Waals surface area contributed by atoms with Gasteiger partial charge in [-0.25, -0.2) is 9.18 Å². The van der Waals surface area contributed by atoms with E-state index in [1.807, 2.05) is 31.2 Å². The van der Waals surface area contributed by atoms with Crippen molar-refractivity contribution in [3.63, 3.8) is 0 Å². The van der Waals surface area contributed by atoms with Crippen molar-refractivity contribution in [2.24, 2.45) is 0 Å². The molecule has 0 aromatic heterocycles. The number of nitrogens with one attached hydrogen (secondary N) is 2. The van der Waals surface area contributed by atoms with Crippen LogP contribution in [0.2, 0.25) is 0 Å². The van der Waals surface area contributed by atoms with Crippen LogP contribution < -0.4 is 15.4 Å². The summed E-state index contributed by atoms with van der Waals surface area (Å²) in [5.41, 5.74) is 1.47. The van der Waals surface area contributed by atoms with Crippen molar-refractivity contribution in [2.75, 3.05) is 13.3 Å². The first-order valence-electron chi connectivity index (χ1n) is 7.28. The Hall–Kier alpha value is -2.15. The van der Waals surface area contributed by atoms with E-state index in [-0.39, 0.29) is 12.2 Å². The molecule has 1 heterocycles. The van der Waals surface area contributed by atoms with Gasteiger partial charge in [-0.3, -0.25) is 0 Å². The van der Waals surface area contributed by atoms with E-state index in [4.69, 9.17) is 21.7 Å². The Bertz CT molecular complexity index is 634. The smallest absolute Gasteiger partial charge is 0.338 e. The third-order valence-corrected chi connectivity index (χ3v) is 3.58. The zero-order valence-corrected chi connectivity index (χ0v) is 13.8. The summed E-state index contributed by atoms with van der Waals surface area (Å²) in [5, 5.41) is 5.83. The van der Waals surface area contributed by atoms with E-state index < -0.39 is 18.7 Å². The normalized spacial score (nSPS) is 17.3. The third-order valence-electron chi connectivity index (χ3n) is 3.36. The highest BCUT2D eigenvalue weighted by Crippen LogP contribution is 2.21. The maximum Gasteiger partial charge on any atom is 0.338 e. The fraction of sp³-hybridized carbons (Fsp3) is 0.375. The minimum atomic E-state index is -0.793. The van der Waals surface area contributed by atoms with Gasteiger partial charge in [0.2, 0.25) is 0 Å². The lowest BCUT2D eigenvalue weighted by Crippen LogP contribution is -2.50. The summed E-state index contributed by atoms with van der Waals surface area (Å²) in [6.07, 6.45) is 0. The monoisotopic (exact) mass is 338 g/mol. The Labute approximate surface area is 139 Å². The molecule has 0 saturated heterocycles. The number of allylic oxidation sites excluding steroid dienone is 1. The largest absolute Gasteiger partial charge is 0.493 e. The van der Waals surface area contributed by atoms with Gasteiger partial charge in [-0.05, 0) is 32.1 Å². The van der Waals surface area contributed by atoms with Crippen LogP contribution in [-0.4, -0.2) is 30.4 Å². The number of halogens is 1. The zero-order valence-electron chi connectivity index (χ0n) is 13.0. The second kappa shape index (κ2) is 7.92. The van der Waals surface area contributed by atoms with E-state index >= 15 is 0 Å². The number of hydrogen-bond acceptors (Lipinski definition) is 4. The quantitative estimate of drug-likeness (QED) is 0.613. The summed E-state index contributed by atoms with van der Waals surface area (Å²) in [6, 6.07) is 6.52. The molecule has 1 aliphatic heterocycles. The maximum atomic E-state index is 13.2. The van der Waals surface area contributed by atoms with Crippen molar-refractivity contribution in [1.29, 1.82) is 0 Å². The van der Waals surface area contributed by atoms with Crippen molar-refractivity contribution < 1.29 is 18.7 Å². The molecule has 7 heteroatoms. The molecule has 0 amide bonds. The number of para-hydroxylation sites is 1. The van der Waals surface area contributed by atoms with Crippen LogP contribution in [0.4, 0.5) is 4.39 Å². The molecular weight excluding hydrogens is 319 g/mol. The van der Waals surface area contributed by atoms with Gasteiger partial charge in [-0.2, -0.15) is 0 Å². The highest BCUT2D eigenvalue weighted by Gasteiger charge is 2.29. The first kappa shape index (κ1) is 17.2. The van der Waals surface area contributed by atoms with Crippen molar-refractivity contribution in [2.45, 2.75) is 26.5 Å². The van der Waals surface area contributed by atoms with Crippen LogP contribution in [0, 0.1) is 0 Å². The Balaban J connectivity index is 2.10. The lowest BCUT2D eigenvalue weighted by Gasteiger charge is -2.27. The van der Waals surface area contributed by atoms with Gasteiger partial charge < -0.3 is 20.1 Å². The molecule has 0 fully saturated rings. The molecule has 5 nitrogen and oxygen atoms in total. The predicted molar refractivity (Wildman–Crippen MR) is 88.7 cm³/mol. The van der Waals surface area contributed by atoms with Crippen LogP contribution in [0.1, 0.15) is 19.4 Å². The Morgan fingerprint density at radius 3 is 2.83 bits per heavy atom. The Morgan fingerprint density at radius 1 is 1.39 bits per heavy atom. The van der Waals surface area contributed by atoms with E-state index in [1.165, 1.54) is 0 Å². The molecule has 1 aromatic carbocycles. The summed E-state index contributed by atoms with van der Waals surface area (Å²) in [4.78, 5) is 12.3. The molecule has 0 bridgehead atoms. The van der Waals surface area contributed by atoms with Gasteiger partial charge in [-0.1, -0.05) is 18.2 Å². The number of carbonyl (C=O) groups excluding carboxylic acids is 1. The van der Waals surface area contributed by atoms with Crippen LogP contribution in [0.3, 0.4) is 0 Å². The summed E-state index contributed by atoms with van der Waals surface area (Å²) >= 11 is 4.96. The van der Waals surface area contributed by atoms with Gasteiger partial charge in [0.1, 0.15) is 19.0 Å². The Kier molecular flexibility index (Phi) is 5.92. The lowest BCUT2D eigenvalue weighted by atomic mass is 10.0. The van der Waals surface area contributed by atoms with Crippen molar-refractivity contribution in [3.8, 4) is 5.75 Å². The van der Waals surface area contributed by atoms with Gasteiger partial charge in [0.25, 0.3) is 0 Å². The van der Waals surface area contributed by atoms with Gasteiger partial charge >= 0.3 is 5.97 Å². The average molecular weight is 338 g/mol. The fourth-order valence-electron chi connectivity index (χ4n) is 2.32. The zero-order chi connectivity index (χ0) is 16.8. The van der Waals surface area contributed by atoms with Crippen molar-refractivity contribution >= 4 is 23.3 Å². The average Bonchev–Trinajstić information content (AvgIpc) is 2.53. The van der Waals surface area contributed by atoms with Gasteiger partial charge in [-0.15, -0.1) is 0 Å². The highest BCUT2D eigenvalue weighted by atomic mass is 32.1. The van der Waals surface area contributed by atoms with Crippen LogP contribution in [0.5, 0.6) is 5.75 Å². The number of alkyl halides is 1. The van der Waals surface area contributed by atoms with Gasteiger partial charge in [0.15, 0.2) is 5.11 Å². The van der Waals surface area contributed by atoms with E-state index in [1.54, 1.807) is 6.92 Å². The van der Waals surface area contributed by atoms with Crippen LogP contribution in [-0.2, 0) is 16.1 Å². The van der Waals surface area contributed by atoms with E-state index in [2.05, 4.69) is 10.6 Å². The van der Waals surface area contributed by atoms with Crippen molar-refractivity contribution in [1.82, 2.24) is 10.6 Å². The predicted octanol–water partition coefficient (Wildman–Crippen LogP) is 2.22. The molecular formula is C16H19FN2O3S. The number of hydrogen-bond donors (Lipinski definition) is 2. The lowest BCUT2D eigenvalue weighted by molar-refractivity contribution is -0.140. The number of esters is 1. The molecule has 1 aromatic rings. The standard InChI is InChI=1S/C16H19FN2O3S/c1-3-21-13-7-5-4-6-11(13)9-22-15(20)14-10(2)18-16(23)19-12(14)8-17/h4-7,12H,3,8-9H2,1-2H3,(H2,18,19,23). The fourth-order valence-corrected chi connectivity index (χ4v) is 2.61. The third kappa shape index (κ3) is 4.19. The summed E-state index contributed by atoms with van der Waals surface area (Å²) in [5.74, 6) is 0.0792. The second-order valence-electron chi connectivity index (χ2n) is 4.96. The molecule has 0 radical (unpaired) electrons. The molecule has 23 heavy (non-hydrogen) atoms. The molecule has 124 valence electrons. The van der Waals surface area contributed by atoms with E-state index in [0.717, 1.165) is 5.56 Å². The van der Waals surface area contributed by atoms with Crippen LogP contribution in [0.25, 0.3) is 0 Å². The van der Waals surface area contributed by atoms with Crippen molar-refractivity contribution in [3.05, 3.63) is 41.1 Å². The SMILES string of the molecule is CCOc1ccccc1COC(=O)C1=C(C)NC(=S)NC1CF. The number of benzene rings is 1. The topological polar surface area (TPSA) is 59.6 Å². The van der Waals surface area contributed by atoms with Gasteiger partial charge in [0, 0.05) is 11.3 Å². The minimum Gasteiger partial charge on any atom is -0.493 e. The minimum absolute atomic E-state index is 0.0508. The maximum absolute atomic E-state index is 13.2. The first-order valence-corrected chi connectivity index (χ1v) is 7.69. The highest BCUT2D eigenvalue weighted by molar-refractivity contribution is 7.80. The summed E-state index contributed by atoms with van der Waals surface area (Å²) < 4.78 is 24.0. The molecule has 0 spiro atoms. The molecule has 0 saturated carbocycles. The Morgan fingerprint density at radius 2 is 2.13 bits per heavy atom. The van der Waals surface area contributed by atoms with Crippen LogP contribution >= 0.6 is 12.2 Å².